The van der Waals surface area contributed by atoms with Crippen LogP contribution >= 0.6 is 0 Å². The number of rotatable bonds is 4. The second-order valence-corrected chi connectivity index (χ2v) is 7.11. The highest BCUT2D eigenvalue weighted by Gasteiger charge is 2.17. The van der Waals surface area contributed by atoms with E-state index >= 15 is 0 Å². The maximum Gasteiger partial charge on any atom is 0.164 e. The maximum absolute atomic E-state index is 6.15. The van der Waals surface area contributed by atoms with E-state index in [-0.39, 0.29) is 0 Å². The van der Waals surface area contributed by atoms with Crippen LogP contribution in [0.5, 0.6) is 0 Å². The zero-order valence-corrected chi connectivity index (χ0v) is 16.0. The fourth-order valence-corrected chi connectivity index (χ4v) is 3.71. The van der Waals surface area contributed by atoms with Crippen molar-refractivity contribution in [1.29, 1.82) is 0 Å². The molecule has 0 unspecified atom stereocenters. The Hall–Kier alpha value is -3.29. The lowest BCUT2D eigenvalue weighted by atomic mass is 10.1. The molecule has 4 heterocycles. The van der Waals surface area contributed by atoms with Gasteiger partial charge in [-0.25, -0.2) is 15.0 Å². The summed E-state index contributed by atoms with van der Waals surface area (Å²) in [6, 6.07) is 16.2. The van der Waals surface area contributed by atoms with Crippen molar-refractivity contribution in [2.45, 2.75) is 6.54 Å². The molecule has 0 bridgehead atoms. The fourth-order valence-electron chi connectivity index (χ4n) is 3.71. The number of hydrogen-bond acceptors (Lipinski definition) is 6. The van der Waals surface area contributed by atoms with Gasteiger partial charge in [0.1, 0.15) is 11.3 Å². The van der Waals surface area contributed by atoms with Crippen LogP contribution < -0.4 is 5.73 Å². The number of fused-ring (bicyclic) bond motifs is 1. The number of ether oxygens (including phenoxy) is 1. The maximum atomic E-state index is 6.15. The average molecular weight is 386 g/mol. The first kappa shape index (κ1) is 17.8. The van der Waals surface area contributed by atoms with E-state index in [2.05, 4.69) is 39.1 Å². The molecular weight excluding hydrogens is 364 g/mol. The number of benzene rings is 1. The van der Waals surface area contributed by atoms with Crippen LogP contribution in [-0.4, -0.2) is 50.7 Å². The lowest BCUT2D eigenvalue weighted by molar-refractivity contribution is 0.0342. The highest BCUT2D eigenvalue weighted by molar-refractivity contribution is 5.82. The summed E-state index contributed by atoms with van der Waals surface area (Å²) in [7, 11) is 0. The topological polar surface area (TPSA) is 82.1 Å². The molecule has 1 aliphatic heterocycles. The van der Waals surface area contributed by atoms with Crippen molar-refractivity contribution < 1.29 is 4.74 Å². The second-order valence-electron chi connectivity index (χ2n) is 7.11. The van der Waals surface area contributed by atoms with Crippen LogP contribution in [0.4, 0.5) is 5.82 Å². The predicted molar refractivity (Wildman–Crippen MR) is 113 cm³/mol. The zero-order chi connectivity index (χ0) is 19.6. The van der Waals surface area contributed by atoms with Gasteiger partial charge >= 0.3 is 0 Å². The van der Waals surface area contributed by atoms with E-state index in [4.69, 9.17) is 15.5 Å². The highest BCUT2D eigenvalue weighted by Crippen LogP contribution is 2.30. The number of pyridine rings is 2. The molecule has 1 fully saturated rings. The molecule has 7 nitrogen and oxygen atoms in total. The van der Waals surface area contributed by atoms with E-state index in [1.165, 1.54) is 5.56 Å². The third kappa shape index (κ3) is 3.46. The summed E-state index contributed by atoms with van der Waals surface area (Å²) in [5.74, 6) is 1.19. The molecule has 2 N–H and O–H groups in total. The van der Waals surface area contributed by atoms with Gasteiger partial charge in [0.2, 0.25) is 0 Å². The Labute approximate surface area is 168 Å². The first-order valence-electron chi connectivity index (χ1n) is 9.73. The molecule has 5 rings (SSSR count). The summed E-state index contributed by atoms with van der Waals surface area (Å²) in [6.07, 6.45) is 3.47. The van der Waals surface area contributed by atoms with Crippen molar-refractivity contribution in [2.75, 3.05) is 32.0 Å². The second kappa shape index (κ2) is 7.62. The Kier molecular flexibility index (Phi) is 4.67. The Morgan fingerprint density at radius 3 is 2.48 bits per heavy atom. The van der Waals surface area contributed by atoms with Gasteiger partial charge in [-0.15, -0.1) is 0 Å². The quantitative estimate of drug-likeness (QED) is 0.581. The number of anilines is 1. The van der Waals surface area contributed by atoms with E-state index in [1.807, 2.05) is 28.8 Å². The first-order chi connectivity index (χ1) is 14.3. The van der Waals surface area contributed by atoms with E-state index in [0.29, 0.717) is 5.82 Å². The normalized spacial score (nSPS) is 15.0. The molecular formula is C22H22N6O. The Bertz CT molecular complexity index is 1130. The molecule has 3 aromatic heterocycles. The molecule has 0 atom stereocenters. The summed E-state index contributed by atoms with van der Waals surface area (Å²) in [6.45, 7) is 4.49. The fraction of sp³-hybridized carbons (Fsp3) is 0.227. The van der Waals surface area contributed by atoms with Gasteiger partial charge in [-0.3, -0.25) is 9.47 Å². The number of aromatic nitrogens is 4. The minimum Gasteiger partial charge on any atom is -0.383 e. The molecule has 1 aromatic carbocycles. The van der Waals surface area contributed by atoms with Gasteiger partial charge in [0, 0.05) is 37.7 Å². The summed E-state index contributed by atoms with van der Waals surface area (Å²) in [5.41, 5.74) is 10.8. The van der Waals surface area contributed by atoms with E-state index in [9.17, 15) is 0 Å². The van der Waals surface area contributed by atoms with Crippen LogP contribution in [0.15, 0.2) is 60.9 Å². The van der Waals surface area contributed by atoms with E-state index in [0.717, 1.165) is 61.1 Å². The lowest BCUT2D eigenvalue weighted by Gasteiger charge is -2.26. The molecule has 0 amide bonds. The number of morpholine rings is 1. The molecule has 7 heteroatoms. The van der Waals surface area contributed by atoms with Crippen LogP contribution in [0.1, 0.15) is 5.56 Å². The SMILES string of the molecule is Nc1ncccc1-c1nc2cccnc2n1-c1ccc(CN2CCOCC2)cc1. The van der Waals surface area contributed by atoms with Crippen LogP contribution in [-0.2, 0) is 11.3 Å². The first-order valence-corrected chi connectivity index (χ1v) is 9.73. The Morgan fingerprint density at radius 1 is 0.931 bits per heavy atom. The van der Waals surface area contributed by atoms with Crippen LogP contribution in [0.25, 0.3) is 28.2 Å². The summed E-state index contributed by atoms with van der Waals surface area (Å²) < 4.78 is 7.48. The summed E-state index contributed by atoms with van der Waals surface area (Å²) >= 11 is 0. The van der Waals surface area contributed by atoms with Gasteiger partial charge in [0.25, 0.3) is 0 Å². The zero-order valence-electron chi connectivity index (χ0n) is 16.0. The molecule has 0 radical (unpaired) electrons. The third-order valence-corrected chi connectivity index (χ3v) is 5.20. The Morgan fingerprint density at radius 2 is 1.69 bits per heavy atom. The number of hydrogen-bond donors (Lipinski definition) is 1. The molecule has 0 aliphatic carbocycles. The van der Waals surface area contributed by atoms with Gasteiger partial charge in [-0.1, -0.05) is 12.1 Å². The van der Waals surface area contributed by atoms with Crippen molar-refractivity contribution in [3.8, 4) is 17.1 Å². The molecule has 1 saturated heterocycles. The van der Waals surface area contributed by atoms with Crippen molar-refractivity contribution in [3.05, 3.63) is 66.5 Å². The van der Waals surface area contributed by atoms with Gasteiger partial charge in [-0.2, -0.15) is 0 Å². The minimum atomic E-state index is 0.452. The van der Waals surface area contributed by atoms with Crippen molar-refractivity contribution in [3.63, 3.8) is 0 Å². The van der Waals surface area contributed by atoms with Gasteiger partial charge in [0.15, 0.2) is 11.5 Å². The average Bonchev–Trinajstić information content (AvgIpc) is 3.15. The van der Waals surface area contributed by atoms with Gasteiger partial charge < -0.3 is 10.5 Å². The molecule has 0 saturated carbocycles. The number of nitrogens with two attached hydrogens (primary N) is 1. The lowest BCUT2D eigenvalue weighted by Crippen LogP contribution is -2.35. The number of nitrogen functional groups attached to an aromatic ring is 1. The number of imidazole rings is 1. The molecule has 146 valence electrons. The van der Waals surface area contributed by atoms with Crippen LogP contribution in [0, 0.1) is 0 Å². The predicted octanol–water partition coefficient (Wildman–Crippen LogP) is 2.90. The van der Waals surface area contributed by atoms with Crippen molar-refractivity contribution in [2.24, 2.45) is 0 Å². The van der Waals surface area contributed by atoms with E-state index < -0.39 is 0 Å². The largest absolute Gasteiger partial charge is 0.383 e. The summed E-state index contributed by atoms with van der Waals surface area (Å²) in [5, 5.41) is 0. The molecule has 29 heavy (non-hydrogen) atoms. The third-order valence-electron chi connectivity index (χ3n) is 5.20. The standard InChI is InChI=1S/C22H22N6O/c23-20-18(3-1-9-24-20)21-26-19-4-2-10-25-22(19)28(21)17-7-5-16(6-8-17)15-27-11-13-29-14-12-27/h1-10H,11-15H2,(H2,23,24). The highest BCUT2D eigenvalue weighted by atomic mass is 16.5. The van der Waals surface area contributed by atoms with Gasteiger partial charge in [-0.05, 0) is 42.0 Å². The monoisotopic (exact) mass is 386 g/mol. The van der Waals surface area contributed by atoms with Crippen molar-refractivity contribution >= 4 is 17.0 Å². The minimum absolute atomic E-state index is 0.452. The molecule has 0 spiro atoms. The van der Waals surface area contributed by atoms with E-state index in [1.54, 1.807) is 12.4 Å². The summed E-state index contributed by atoms with van der Waals surface area (Å²) in [4.78, 5) is 16.0. The molecule has 4 aromatic rings. The van der Waals surface area contributed by atoms with Crippen LogP contribution in [0.3, 0.4) is 0 Å². The van der Waals surface area contributed by atoms with Crippen molar-refractivity contribution in [1.82, 2.24) is 24.4 Å². The van der Waals surface area contributed by atoms with Gasteiger partial charge in [0.05, 0.1) is 18.8 Å². The smallest absolute Gasteiger partial charge is 0.164 e. The molecule has 1 aliphatic rings. The number of nitrogens with zero attached hydrogens (tertiary/aromatic N) is 5. The Balaban J connectivity index is 1.55. The van der Waals surface area contributed by atoms with Crippen LogP contribution in [0.2, 0.25) is 0 Å².